The highest BCUT2D eigenvalue weighted by atomic mass is 16.3. The first kappa shape index (κ1) is 18.7. The summed E-state index contributed by atoms with van der Waals surface area (Å²) < 4.78 is 0. The Morgan fingerprint density at radius 2 is 1.73 bits per heavy atom. The molecule has 2 unspecified atom stereocenters. The van der Waals surface area contributed by atoms with Gasteiger partial charge in [0.05, 0.1) is 6.10 Å². The lowest BCUT2D eigenvalue weighted by Gasteiger charge is -2.31. The van der Waals surface area contributed by atoms with Crippen LogP contribution < -0.4 is 5.32 Å². The van der Waals surface area contributed by atoms with Gasteiger partial charge in [0.15, 0.2) is 0 Å². The average molecular weight is 306 g/mol. The van der Waals surface area contributed by atoms with Crippen molar-refractivity contribution in [2.24, 2.45) is 5.41 Å². The number of aliphatic hydroxyl groups excluding tert-OH is 1. The summed E-state index contributed by atoms with van der Waals surface area (Å²) in [6, 6.07) is 9.48. The lowest BCUT2D eigenvalue weighted by atomic mass is 9.89. The molecule has 1 amide bonds. The number of hydrogen-bond acceptors (Lipinski definition) is 3. The summed E-state index contributed by atoms with van der Waals surface area (Å²) in [7, 11) is 0. The van der Waals surface area contributed by atoms with Crippen molar-refractivity contribution >= 4 is 5.91 Å². The van der Waals surface area contributed by atoms with Crippen molar-refractivity contribution in [2.45, 2.75) is 46.8 Å². The topological polar surface area (TPSA) is 52.6 Å². The lowest BCUT2D eigenvalue weighted by molar-refractivity contribution is -0.127. The van der Waals surface area contributed by atoms with Gasteiger partial charge in [-0.25, -0.2) is 0 Å². The molecule has 4 nitrogen and oxygen atoms in total. The maximum Gasteiger partial charge on any atom is 0.242 e. The summed E-state index contributed by atoms with van der Waals surface area (Å²) in [6.07, 6.45) is -0.565. The van der Waals surface area contributed by atoms with Gasteiger partial charge < -0.3 is 10.4 Å². The van der Waals surface area contributed by atoms with Crippen LogP contribution in [0.5, 0.6) is 0 Å². The maximum absolute atomic E-state index is 12.7. The van der Waals surface area contributed by atoms with Crippen LogP contribution >= 0.6 is 0 Å². The van der Waals surface area contributed by atoms with Crippen molar-refractivity contribution in [2.75, 3.05) is 19.6 Å². The van der Waals surface area contributed by atoms with Crippen LogP contribution in [0.4, 0.5) is 0 Å². The molecule has 22 heavy (non-hydrogen) atoms. The van der Waals surface area contributed by atoms with Gasteiger partial charge in [0.2, 0.25) is 5.91 Å². The van der Waals surface area contributed by atoms with Crippen LogP contribution in [0.1, 0.15) is 46.2 Å². The Labute approximate surface area is 134 Å². The van der Waals surface area contributed by atoms with Gasteiger partial charge in [-0.05, 0) is 24.1 Å². The molecule has 0 aliphatic rings. The fourth-order valence-electron chi connectivity index (χ4n) is 2.35. The second-order valence-corrected chi connectivity index (χ2v) is 6.66. The Hall–Kier alpha value is -1.39. The van der Waals surface area contributed by atoms with Crippen LogP contribution in [0.15, 0.2) is 30.3 Å². The van der Waals surface area contributed by atoms with Gasteiger partial charge in [-0.1, -0.05) is 65.0 Å². The highest BCUT2D eigenvalue weighted by Crippen LogP contribution is 2.22. The molecule has 1 aromatic carbocycles. The van der Waals surface area contributed by atoms with E-state index in [1.165, 1.54) is 0 Å². The molecule has 4 heteroatoms. The van der Waals surface area contributed by atoms with Gasteiger partial charge >= 0.3 is 0 Å². The molecule has 0 aliphatic heterocycles. The Morgan fingerprint density at radius 3 is 2.18 bits per heavy atom. The van der Waals surface area contributed by atoms with Gasteiger partial charge in [-0.2, -0.15) is 0 Å². The van der Waals surface area contributed by atoms with E-state index in [4.69, 9.17) is 0 Å². The second kappa shape index (κ2) is 8.30. The summed E-state index contributed by atoms with van der Waals surface area (Å²) >= 11 is 0. The first-order valence-corrected chi connectivity index (χ1v) is 8.06. The van der Waals surface area contributed by atoms with E-state index in [0.717, 1.165) is 18.7 Å². The Balaban J connectivity index is 2.86. The van der Waals surface area contributed by atoms with Crippen LogP contribution in [-0.4, -0.2) is 41.7 Å². The molecule has 0 fully saturated rings. The Kier molecular flexibility index (Phi) is 7.04. The first-order chi connectivity index (χ1) is 10.3. The summed E-state index contributed by atoms with van der Waals surface area (Å²) in [6.45, 7) is 11.9. The quantitative estimate of drug-likeness (QED) is 0.814. The van der Waals surface area contributed by atoms with Crippen LogP contribution in [0.25, 0.3) is 0 Å². The summed E-state index contributed by atoms with van der Waals surface area (Å²) in [5, 5.41) is 13.0. The van der Waals surface area contributed by atoms with Crippen molar-refractivity contribution in [3.63, 3.8) is 0 Å². The molecule has 0 spiro atoms. The number of aliphatic hydroxyl groups is 1. The van der Waals surface area contributed by atoms with Gasteiger partial charge in [-0.15, -0.1) is 0 Å². The number of amides is 1. The van der Waals surface area contributed by atoms with Crippen LogP contribution in [0.2, 0.25) is 0 Å². The van der Waals surface area contributed by atoms with E-state index in [1.54, 1.807) is 0 Å². The molecule has 2 atom stereocenters. The zero-order valence-electron chi connectivity index (χ0n) is 14.5. The van der Waals surface area contributed by atoms with Crippen molar-refractivity contribution in [3.8, 4) is 0 Å². The van der Waals surface area contributed by atoms with Gasteiger partial charge in [-0.3, -0.25) is 9.69 Å². The average Bonchev–Trinajstić information content (AvgIpc) is 2.49. The molecule has 0 aliphatic carbocycles. The molecule has 0 bridgehead atoms. The lowest BCUT2D eigenvalue weighted by Crippen LogP contribution is -2.45. The number of carbonyl (C=O) groups is 1. The Bertz CT molecular complexity index is 450. The molecule has 0 radical (unpaired) electrons. The van der Waals surface area contributed by atoms with Crippen LogP contribution in [-0.2, 0) is 4.79 Å². The number of hydrogen-bond donors (Lipinski definition) is 2. The third kappa shape index (κ3) is 5.11. The predicted molar refractivity (Wildman–Crippen MR) is 90.6 cm³/mol. The van der Waals surface area contributed by atoms with Crippen molar-refractivity contribution in [1.29, 1.82) is 0 Å². The third-order valence-electron chi connectivity index (χ3n) is 4.01. The van der Waals surface area contributed by atoms with E-state index in [0.29, 0.717) is 0 Å². The van der Waals surface area contributed by atoms with Crippen molar-refractivity contribution < 1.29 is 9.90 Å². The first-order valence-electron chi connectivity index (χ1n) is 8.06. The van der Waals surface area contributed by atoms with Crippen molar-refractivity contribution in [3.05, 3.63) is 35.9 Å². The SMILES string of the molecule is CCN(CC)C(C(=O)NCC(O)C(C)(C)C)c1ccccc1. The minimum atomic E-state index is -0.565. The number of likely N-dealkylation sites (N-methyl/N-ethyl adjacent to an activating group) is 1. The summed E-state index contributed by atoms with van der Waals surface area (Å²) in [4.78, 5) is 14.8. The smallest absolute Gasteiger partial charge is 0.242 e. The molecule has 2 N–H and O–H groups in total. The van der Waals surface area contributed by atoms with Crippen LogP contribution in [0.3, 0.4) is 0 Å². The van der Waals surface area contributed by atoms with E-state index in [1.807, 2.05) is 51.1 Å². The predicted octanol–water partition coefficient (Wildman–Crippen LogP) is 2.59. The van der Waals surface area contributed by atoms with E-state index < -0.39 is 6.10 Å². The second-order valence-electron chi connectivity index (χ2n) is 6.66. The molecule has 0 heterocycles. The summed E-state index contributed by atoms with van der Waals surface area (Å²) in [5.74, 6) is -0.0572. The minimum Gasteiger partial charge on any atom is -0.391 e. The standard InChI is InChI=1S/C18H30N2O2/c1-6-20(7-2)16(14-11-9-8-10-12-14)17(22)19-13-15(21)18(3,4)5/h8-12,15-16,21H,6-7,13H2,1-5H3,(H,19,22). The number of nitrogens with one attached hydrogen (secondary N) is 1. The highest BCUT2D eigenvalue weighted by molar-refractivity contribution is 5.83. The largest absolute Gasteiger partial charge is 0.391 e. The van der Waals surface area contributed by atoms with E-state index in [9.17, 15) is 9.90 Å². The monoisotopic (exact) mass is 306 g/mol. The minimum absolute atomic E-state index is 0.0572. The third-order valence-corrected chi connectivity index (χ3v) is 4.01. The molecule has 1 rings (SSSR count). The van der Waals surface area contributed by atoms with Crippen LogP contribution in [0, 0.1) is 5.41 Å². The van der Waals surface area contributed by atoms with Crippen molar-refractivity contribution in [1.82, 2.24) is 10.2 Å². The fraction of sp³-hybridized carbons (Fsp3) is 0.611. The molecule has 0 saturated carbocycles. The number of nitrogens with zero attached hydrogens (tertiary/aromatic N) is 1. The normalized spacial score (nSPS) is 14.7. The molecule has 0 saturated heterocycles. The number of carbonyl (C=O) groups excluding carboxylic acids is 1. The van der Waals surface area contributed by atoms with E-state index >= 15 is 0 Å². The highest BCUT2D eigenvalue weighted by Gasteiger charge is 2.28. The van der Waals surface area contributed by atoms with Gasteiger partial charge in [0, 0.05) is 6.54 Å². The van der Waals surface area contributed by atoms with Gasteiger partial charge in [0.1, 0.15) is 6.04 Å². The zero-order chi connectivity index (χ0) is 16.8. The number of benzene rings is 1. The molecular weight excluding hydrogens is 276 g/mol. The maximum atomic E-state index is 12.7. The summed E-state index contributed by atoms with van der Waals surface area (Å²) in [5.41, 5.74) is 0.735. The zero-order valence-corrected chi connectivity index (χ0v) is 14.5. The van der Waals surface area contributed by atoms with Gasteiger partial charge in [0.25, 0.3) is 0 Å². The van der Waals surface area contributed by atoms with E-state index in [-0.39, 0.29) is 23.9 Å². The molecule has 124 valence electrons. The Morgan fingerprint density at radius 1 is 1.18 bits per heavy atom. The molecular formula is C18H30N2O2. The van der Waals surface area contributed by atoms with E-state index in [2.05, 4.69) is 24.1 Å². The molecule has 0 aromatic heterocycles. The number of rotatable bonds is 7. The molecule has 1 aromatic rings. The fourth-order valence-corrected chi connectivity index (χ4v) is 2.35.